The fraction of sp³-hybridized carbons (Fsp3) is 0.538. The Morgan fingerprint density at radius 2 is 2.00 bits per heavy atom. The summed E-state index contributed by atoms with van der Waals surface area (Å²) < 4.78 is 6.28. The van der Waals surface area contributed by atoms with E-state index in [1.54, 1.807) is 4.90 Å². The number of hydrogen-bond donors (Lipinski definition) is 0. The van der Waals surface area contributed by atoms with Crippen LogP contribution in [0.3, 0.4) is 0 Å². The zero-order valence-corrected chi connectivity index (χ0v) is 10.8. The largest absolute Gasteiger partial charge is 0.361 e. The molecule has 1 amide bonds. The molecule has 18 heavy (non-hydrogen) atoms. The average molecular weight is 250 g/mol. The van der Waals surface area contributed by atoms with Gasteiger partial charge in [-0.2, -0.15) is 0 Å². The first-order valence-corrected chi connectivity index (χ1v) is 6.37. The van der Waals surface area contributed by atoms with Crippen LogP contribution in [0, 0.1) is 0 Å². The van der Waals surface area contributed by atoms with Crippen LogP contribution in [0.4, 0.5) is 4.79 Å². The molecule has 5 heteroatoms. The number of carbonyl (C=O) groups is 1. The lowest BCUT2D eigenvalue weighted by Gasteiger charge is -2.15. The van der Waals surface area contributed by atoms with E-state index >= 15 is 0 Å². The van der Waals surface area contributed by atoms with Crippen LogP contribution in [-0.4, -0.2) is 28.8 Å². The van der Waals surface area contributed by atoms with Gasteiger partial charge in [0.15, 0.2) is 0 Å². The van der Waals surface area contributed by atoms with E-state index in [1.165, 1.54) is 4.74 Å². The van der Waals surface area contributed by atoms with Gasteiger partial charge in [0.25, 0.3) is 0 Å². The summed E-state index contributed by atoms with van der Waals surface area (Å²) in [5.74, 6) is 0. The summed E-state index contributed by atoms with van der Waals surface area (Å²) in [6, 6.07) is -0.250. The zero-order chi connectivity index (χ0) is 13.1. The van der Waals surface area contributed by atoms with E-state index in [0.717, 1.165) is 12.1 Å². The number of amides is 1. The van der Waals surface area contributed by atoms with Gasteiger partial charge < -0.3 is 9.42 Å². The lowest BCUT2D eigenvalue weighted by Crippen LogP contribution is -2.33. The second-order valence-electron chi connectivity index (χ2n) is 4.36. The predicted molar refractivity (Wildman–Crippen MR) is 67.8 cm³/mol. The van der Waals surface area contributed by atoms with E-state index in [0.29, 0.717) is 31.5 Å². The summed E-state index contributed by atoms with van der Waals surface area (Å²) in [4.78, 5) is 25.6. The van der Waals surface area contributed by atoms with Crippen molar-refractivity contribution < 1.29 is 9.32 Å². The molecule has 0 radical (unpaired) electrons. The highest BCUT2D eigenvalue weighted by Gasteiger charge is 2.24. The molecule has 0 fully saturated rings. The Kier molecular flexibility index (Phi) is 3.69. The lowest BCUT2D eigenvalue weighted by atomic mass is 10.1. The maximum atomic E-state index is 12.2. The third-order valence-corrected chi connectivity index (χ3v) is 3.12. The number of rotatable bonds is 3. The van der Waals surface area contributed by atoms with Crippen molar-refractivity contribution in [1.82, 2.24) is 9.64 Å². The molecule has 0 spiro atoms. The standard InChI is InChI=1S/C13H18N2O3/c1-3-7-11-10(4-2)12(16)18-15(11)13(17)14-8-5-6-9-14/h5-6H,3-4,7-9H2,1-2H3. The van der Waals surface area contributed by atoms with Gasteiger partial charge in [0.05, 0.1) is 11.3 Å². The minimum absolute atomic E-state index is 0.250. The molecule has 0 aliphatic carbocycles. The molecule has 0 atom stereocenters. The molecule has 0 saturated heterocycles. The molecule has 2 rings (SSSR count). The van der Waals surface area contributed by atoms with Crippen molar-refractivity contribution in [3.63, 3.8) is 0 Å². The Balaban J connectivity index is 2.37. The van der Waals surface area contributed by atoms with Crippen LogP contribution in [0.25, 0.3) is 0 Å². The molecule has 1 aliphatic rings. The smallest absolute Gasteiger partial charge is 0.327 e. The Morgan fingerprint density at radius 1 is 1.33 bits per heavy atom. The highest BCUT2D eigenvalue weighted by Crippen LogP contribution is 2.12. The van der Waals surface area contributed by atoms with E-state index in [1.807, 2.05) is 26.0 Å². The zero-order valence-electron chi connectivity index (χ0n) is 10.8. The fourth-order valence-electron chi connectivity index (χ4n) is 2.19. The summed E-state index contributed by atoms with van der Waals surface area (Å²) in [6.07, 6.45) is 6.01. The fourth-order valence-corrected chi connectivity index (χ4v) is 2.19. The lowest BCUT2D eigenvalue weighted by molar-refractivity contribution is 0.174. The van der Waals surface area contributed by atoms with Crippen molar-refractivity contribution in [3.05, 3.63) is 33.8 Å². The van der Waals surface area contributed by atoms with Gasteiger partial charge in [-0.1, -0.05) is 32.4 Å². The second-order valence-corrected chi connectivity index (χ2v) is 4.36. The van der Waals surface area contributed by atoms with Crippen LogP contribution < -0.4 is 5.63 Å². The Morgan fingerprint density at radius 3 is 2.56 bits per heavy atom. The minimum atomic E-state index is -0.388. The van der Waals surface area contributed by atoms with Crippen molar-refractivity contribution in [2.45, 2.75) is 33.1 Å². The Labute approximate surface area is 106 Å². The van der Waals surface area contributed by atoms with Crippen LogP contribution in [0.1, 0.15) is 31.5 Å². The Bertz CT molecular complexity index is 517. The summed E-state index contributed by atoms with van der Waals surface area (Å²) in [7, 11) is 0. The molecule has 5 nitrogen and oxygen atoms in total. The number of carbonyl (C=O) groups excluding carboxylic acids is 1. The molecule has 1 aliphatic heterocycles. The van der Waals surface area contributed by atoms with Crippen molar-refractivity contribution in [2.24, 2.45) is 0 Å². The number of nitrogens with zero attached hydrogens (tertiary/aromatic N) is 2. The van der Waals surface area contributed by atoms with Crippen LogP contribution >= 0.6 is 0 Å². The van der Waals surface area contributed by atoms with Gasteiger partial charge in [-0.15, -0.1) is 4.74 Å². The molecule has 0 bridgehead atoms. The Hall–Kier alpha value is -1.78. The molecule has 1 aromatic rings. The van der Waals surface area contributed by atoms with Gasteiger partial charge >= 0.3 is 11.7 Å². The molecule has 0 aromatic carbocycles. The van der Waals surface area contributed by atoms with Crippen LogP contribution in [-0.2, 0) is 12.8 Å². The summed E-state index contributed by atoms with van der Waals surface area (Å²) in [6.45, 7) is 5.07. The van der Waals surface area contributed by atoms with Crippen molar-refractivity contribution in [2.75, 3.05) is 13.1 Å². The van der Waals surface area contributed by atoms with Crippen LogP contribution in [0.15, 0.2) is 21.5 Å². The topological polar surface area (TPSA) is 55.5 Å². The molecular weight excluding hydrogens is 232 g/mol. The molecular formula is C13H18N2O3. The van der Waals surface area contributed by atoms with Crippen molar-refractivity contribution >= 4 is 6.03 Å². The highest BCUT2D eigenvalue weighted by molar-refractivity contribution is 5.77. The minimum Gasteiger partial charge on any atom is -0.327 e. The van der Waals surface area contributed by atoms with Gasteiger partial charge in [-0.05, 0) is 12.8 Å². The normalized spacial score (nSPS) is 14.4. The van der Waals surface area contributed by atoms with E-state index < -0.39 is 0 Å². The summed E-state index contributed by atoms with van der Waals surface area (Å²) in [5.41, 5.74) is 0.959. The van der Waals surface area contributed by atoms with Crippen LogP contribution in [0.2, 0.25) is 0 Å². The first-order valence-electron chi connectivity index (χ1n) is 6.37. The highest BCUT2D eigenvalue weighted by atomic mass is 16.5. The van der Waals surface area contributed by atoms with Crippen molar-refractivity contribution in [1.29, 1.82) is 0 Å². The molecule has 0 saturated carbocycles. The molecule has 0 N–H and O–H groups in total. The third-order valence-electron chi connectivity index (χ3n) is 3.12. The first-order chi connectivity index (χ1) is 8.69. The molecule has 0 unspecified atom stereocenters. The summed E-state index contributed by atoms with van der Waals surface area (Å²) in [5, 5.41) is 0. The first kappa shape index (κ1) is 12.7. The monoisotopic (exact) mass is 250 g/mol. The molecule has 2 heterocycles. The van der Waals surface area contributed by atoms with E-state index in [2.05, 4.69) is 0 Å². The molecule has 1 aromatic heterocycles. The summed E-state index contributed by atoms with van der Waals surface area (Å²) >= 11 is 0. The van der Waals surface area contributed by atoms with Crippen molar-refractivity contribution in [3.8, 4) is 0 Å². The maximum absolute atomic E-state index is 12.2. The maximum Gasteiger partial charge on any atom is 0.361 e. The quantitative estimate of drug-likeness (QED) is 0.768. The predicted octanol–water partition coefficient (Wildman–Crippen LogP) is 1.80. The van der Waals surface area contributed by atoms with E-state index in [9.17, 15) is 9.59 Å². The van der Waals surface area contributed by atoms with Gasteiger partial charge in [0.2, 0.25) is 0 Å². The van der Waals surface area contributed by atoms with E-state index in [4.69, 9.17) is 4.52 Å². The number of hydrogen-bond acceptors (Lipinski definition) is 3. The van der Waals surface area contributed by atoms with E-state index in [-0.39, 0.29) is 11.7 Å². The van der Waals surface area contributed by atoms with Gasteiger partial charge in [-0.25, -0.2) is 9.59 Å². The van der Waals surface area contributed by atoms with Gasteiger partial charge in [0.1, 0.15) is 0 Å². The van der Waals surface area contributed by atoms with Gasteiger partial charge in [0, 0.05) is 13.1 Å². The van der Waals surface area contributed by atoms with Gasteiger partial charge in [-0.3, -0.25) is 0 Å². The van der Waals surface area contributed by atoms with Crippen LogP contribution in [0.5, 0.6) is 0 Å². The molecule has 98 valence electrons. The average Bonchev–Trinajstić information content (AvgIpc) is 2.97. The third kappa shape index (κ3) is 2.12. The number of aromatic nitrogens is 1. The second kappa shape index (κ2) is 5.25. The SMILES string of the molecule is CCCc1c(CC)c(=O)on1C(=O)N1CC=CC1.